The normalized spacial score (nSPS) is 10.7. The summed E-state index contributed by atoms with van der Waals surface area (Å²) < 4.78 is 5.82. The number of hydrogen-bond acceptors (Lipinski definition) is 3. The van der Waals surface area contributed by atoms with Crippen LogP contribution < -0.4 is 10.1 Å². The quantitative estimate of drug-likeness (QED) is 0.665. The molecule has 1 N–H and O–H groups in total. The molecule has 4 nitrogen and oxygen atoms in total. The van der Waals surface area contributed by atoms with E-state index < -0.39 is 5.91 Å². The Labute approximate surface area is 137 Å². The summed E-state index contributed by atoms with van der Waals surface area (Å²) in [5, 5.41) is 11.9. The highest BCUT2D eigenvalue weighted by Gasteiger charge is 2.10. The second-order valence-electron chi connectivity index (χ2n) is 4.38. The van der Waals surface area contributed by atoms with Crippen molar-refractivity contribution in [1.29, 1.82) is 5.26 Å². The van der Waals surface area contributed by atoms with E-state index >= 15 is 0 Å². The van der Waals surface area contributed by atoms with E-state index in [-0.39, 0.29) is 5.57 Å². The number of anilines is 1. The smallest absolute Gasteiger partial charge is 0.266 e. The van der Waals surface area contributed by atoms with Crippen molar-refractivity contribution >= 4 is 33.6 Å². The highest BCUT2D eigenvalue weighted by molar-refractivity contribution is 9.10. The third kappa shape index (κ3) is 3.96. The van der Waals surface area contributed by atoms with E-state index in [0.717, 1.165) is 10.0 Å². The van der Waals surface area contributed by atoms with E-state index in [2.05, 4.69) is 21.2 Å². The first-order valence-corrected chi connectivity index (χ1v) is 7.25. The summed E-state index contributed by atoms with van der Waals surface area (Å²) in [6.45, 7) is 0. The van der Waals surface area contributed by atoms with Crippen molar-refractivity contribution in [2.24, 2.45) is 0 Å². The average molecular weight is 357 g/mol. The number of hydrogen-bond donors (Lipinski definition) is 1. The zero-order valence-electron chi connectivity index (χ0n) is 11.8. The van der Waals surface area contributed by atoms with Crippen LogP contribution in [0.15, 0.2) is 58.6 Å². The maximum atomic E-state index is 12.2. The topological polar surface area (TPSA) is 62.1 Å². The monoisotopic (exact) mass is 356 g/mol. The van der Waals surface area contributed by atoms with Gasteiger partial charge in [0.15, 0.2) is 0 Å². The Kier molecular flexibility index (Phi) is 5.34. The summed E-state index contributed by atoms with van der Waals surface area (Å²) in [4.78, 5) is 12.2. The number of benzene rings is 2. The summed E-state index contributed by atoms with van der Waals surface area (Å²) >= 11 is 3.35. The largest absolute Gasteiger partial charge is 0.497 e. The van der Waals surface area contributed by atoms with Gasteiger partial charge < -0.3 is 10.1 Å². The molecule has 2 aromatic rings. The molecule has 0 saturated carbocycles. The highest BCUT2D eigenvalue weighted by Crippen LogP contribution is 2.22. The van der Waals surface area contributed by atoms with Gasteiger partial charge in [0, 0.05) is 4.47 Å². The van der Waals surface area contributed by atoms with E-state index in [0.29, 0.717) is 11.4 Å². The summed E-state index contributed by atoms with van der Waals surface area (Å²) in [7, 11) is 1.58. The second kappa shape index (κ2) is 7.43. The SMILES string of the molecule is COc1ccc(/C=C(\C#N)C(=O)Nc2ccccc2Br)cc1. The van der Waals surface area contributed by atoms with Crippen LogP contribution in [0.3, 0.4) is 0 Å². The maximum Gasteiger partial charge on any atom is 0.266 e. The van der Waals surface area contributed by atoms with Crippen molar-refractivity contribution in [3.8, 4) is 11.8 Å². The minimum atomic E-state index is -0.454. The van der Waals surface area contributed by atoms with Crippen molar-refractivity contribution in [3.05, 3.63) is 64.1 Å². The molecule has 0 aromatic heterocycles. The van der Waals surface area contributed by atoms with Gasteiger partial charge in [0.2, 0.25) is 0 Å². The van der Waals surface area contributed by atoms with Gasteiger partial charge in [0.25, 0.3) is 5.91 Å². The lowest BCUT2D eigenvalue weighted by Crippen LogP contribution is -2.13. The fraction of sp³-hybridized carbons (Fsp3) is 0.0588. The number of nitriles is 1. The van der Waals surface area contributed by atoms with E-state index in [4.69, 9.17) is 4.74 Å². The molecule has 22 heavy (non-hydrogen) atoms. The Bertz CT molecular complexity index is 746. The Morgan fingerprint density at radius 1 is 1.23 bits per heavy atom. The van der Waals surface area contributed by atoms with Gasteiger partial charge in [-0.05, 0) is 51.8 Å². The van der Waals surface area contributed by atoms with E-state index in [1.807, 2.05) is 18.2 Å². The maximum absolute atomic E-state index is 12.2. The summed E-state index contributed by atoms with van der Waals surface area (Å²) in [6.07, 6.45) is 1.53. The number of methoxy groups -OCH3 is 1. The lowest BCUT2D eigenvalue weighted by atomic mass is 10.1. The molecule has 0 saturated heterocycles. The van der Waals surface area contributed by atoms with Gasteiger partial charge in [0.1, 0.15) is 17.4 Å². The van der Waals surface area contributed by atoms with E-state index in [9.17, 15) is 10.1 Å². The average Bonchev–Trinajstić information content (AvgIpc) is 2.55. The third-order valence-electron chi connectivity index (χ3n) is 2.91. The molecule has 2 rings (SSSR count). The lowest BCUT2D eigenvalue weighted by Gasteiger charge is -2.06. The van der Waals surface area contributed by atoms with Gasteiger partial charge in [-0.25, -0.2) is 0 Å². The number of halogens is 1. The van der Waals surface area contributed by atoms with Crippen molar-refractivity contribution in [3.63, 3.8) is 0 Å². The molecule has 0 heterocycles. The molecule has 1 amide bonds. The van der Waals surface area contributed by atoms with Crippen LogP contribution >= 0.6 is 15.9 Å². The van der Waals surface area contributed by atoms with E-state index in [1.54, 1.807) is 43.5 Å². The minimum absolute atomic E-state index is 0.0286. The highest BCUT2D eigenvalue weighted by atomic mass is 79.9. The first kappa shape index (κ1) is 15.8. The Balaban J connectivity index is 2.20. The standard InChI is InChI=1S/C17H13BrN2O2/c1-22-14-8-6-12(7-9-14)10-13(11-19)17(21)20-16-5-3-2-4-15(16)18/h2-10H,1H3,(H,20,21)/b13-10+. The summed E-state index contributed by atoms with van der Waals surface area (Å²) in [5.74, 6) is 0.263. The molecule has 0 unspecified atom stereocenters. The van der Waals surface area contributed by atoms with Crippen molar-refractivity contribution in [1.82, 2.24) is 0 Å². The van der Waals surface area contributed by atoms with Gasteiger partial charge in [-0.1, -0.05) is 24.3 Å². The van der Waals surface area contributed by atoms with Crippen LogP contribution in [-0.4, -0.2) is 13.0 Å². The molecule has 0 aliphatic carbocycles. The first-order valence-electron chi connectivity index (χ1n) is 6.46. The number of ether oxygens (including phenoxy) is 1. The fourth-order valence-corrected chi connectivity index (χ4v) is 2.15. The Morgan fingerprint density at radius 2 is 1.91 bits per heavy atom. The van der Waals surface area contributed by atoms with Gasteiger partial charge in [0.05, 0.1) is 12.8 Å². The number of nitrogens with one attached hydrogen (secondary N) is 1. The zero-order valence-corrected chi connectivity index (χ0v) is 13.4. The Hall–Kier alpha value is -2.58. The molecule has 5 heteroatoms. The number of amides is 1. The van der Waals surface area contributed by atoms with Gasteiger partial charge in [-0.3, -0.25) is 4.79 Å². The summed E-state index contributed by atoms with van der Waals surface area (Å²) in [5.41, 5.74) is 1.39. The summed E-state index contributed by atoms with van der Waals surface area (Å²) in [6, 6.07) is 16.2. The van der Waals surface area contributed by atoms with Crippen LogP contribution in [0.2, 0.25) is 0 Å². The van der Waals surface area contributed by atoms with Crippen LogP contribution in [0, 0.1) is 11.3 Å². The minimum Gasteiger partial charge on any atom is -0.497 e. The molecule has 110 valence electrons. The van der Waals surface area contributed by atoms with Crippen LogP contribution in [0.4, 0.5) is 5.69 Å². The lowest BCUT2D eigenvalue weighted by molar-refractivity contribution is -0.112. The number of para-hydroxylation sites is 1. The molecular formula is C17H13BrN2O2. The van der Waals surface area contributed by atoms with Crippen LogP contribution in [0.1, 0.15) is 5.56 Å². The van der Waals surface area contributed by atoms with E-state index in [1.165, 1.54) is 6.08 Å². The number of carbonyl (C=O) groups excluding carboxylic acids is 1. The Morgan fingerprint density at radius 3 is 2.50 bits per heavy atom. The van der Waals surface area contributed by atoms with Crippen molar-refractivity contribution < 1.29 is 9.53 Å². The van der Waals surface area contributed by atoms with Gasteiger partial charge in [-0.2, -0.15) is 5.26 Å². The number of carbonyl (C=O) groups is 1. The first-order chi connectivity index (χ1) is 10.6. The van der Waals surface area contributed by atoms with Crippen LogP contribution in [0.5, 0.6) is 5.75 Å². The number of nitrogens with zero attached hydrogens (tertiary/aromatic N) is 1. The molecule has 0 atom stereocenters. The predicted molar refractivity (Wildman–Crippen MR) is 89.4 cm³/mol. The van der Waals surface area contributed by atoms with Crippen molar-refractivity contribution in [2.75, 3.05) is 12.4 Å². The molecular weight excluding hydrogens is 344 g/mol. The van der Waals surface area contributed by atoms with Crippen LogP contribution in [-0.2, 0) is 4.79 Å². The molecule has 2 aromatic carbocycles. The molecule has 0 aliphatic rings. The predicted octanol–water partition coefficient (Wildman–Crippen LogP) is 4.00. The van der Waals surface area contributed by atoms with Crippen LogP contribution in [0.25, 0.3) is 6.08 Å². The molecule has 0 spiro atoms. The van der Waals surface area contributed by atoms with Crippen molar-refractivity contribution in [2.45, 2.75) is 0 Å². The second-order valence-corrected chi connectivity index (χ2v) is 5.23. The fourth-order valence-electron chi connectivity index (χ4n) is 1.77. The number of rotatable bonds is 4. The molecule has 0 radical (unpaired) electrons. The van der Waals surface area contributed by atoms with Gasteiger partial charge in [-0.15, -0.1) is 0 Å². The molecule has 0 fully saturated rings. The zero-order chi connectivity index (χ0) is 15.9. The third-order valence-corrected chi connectivity index (χ3v) is 3.61. The molecule has 0 bridgehead atoms. The molecule has 0 aliphatic heterocycles. The van der Waals surface area contributed by atoms with Gasteiger partial charge >= 0.3 is 0 Å².